The zero-order valence-corrected chi connectivity index (χ0v) is 13.9. The minimum absolute atomic E-state index is 0.189. The van der Waals surface area contributed by atoms with E-state index >= 15 is 0 Å². The standard InChI is InChI=1S/C19H18N2O5/c20-17(22)12-1-5-15(6-2-12)26-16-7-3-13(4-8-16)18(23)21-10-9-14(11-21)19(24)25/h1-8,14H,9-11H2,(H2,20,22)(H,24,25)/t14-/m1/s1. The fourth-order valence-corrected chi connectivity index (χ4v) is 2.82. The number of carbonyl (C=O) groups excluding carboxylic acids is 2. The van der Waals surface area contributed by atoms with E-state index in [9.17, 15) is 14.4 Å². The van der Waals surface area contributed by atoms with Crippen LogP contribution < -0.4 is 10.5 Å². The van der Waals surface area contributed by atoms with Gasteiger partial charge in [0.25, 0.3) is 5.91 Å². The van der Waals surface area contributed by atoms with E-state index < -0.39 is 17.8 Å². The molecule has 26 heavy (non-hydrogen) atoms. The van der Waals surface area contributed by atoms with Crippen LogP contribution in [0.25, 0.3) is 0 Å². The van der Waals surface area contributed by atoms with E-state index in [-0.39, 0.29) is 12.5 Å². The highest BCUT2D eigenvalue weighted by atomic mass is 16.5. The number of carboxylic acids is 1. The molecule has 1 heterocycles. The molecular formula is C19H18N2O5. The van der Waals surface area contributed by atoms with Gasteiger partial charge in [0.2, 0.25) is 5.91 Å². The molecule has 2 amide bonds. The van der Waals surface area contributed by atoms with Crippen molar-refractivity contribution in [3.05, 3.63) is 59.7 Å². The maximum absolute atomic E-state index is 12.4. The van der Waals surface area contributed by atoms with E-state index in [1.54, 1.807) is 53.4 Å². The molecule has 7 nitrogen and oxygen atoms in total. The summed E-state index contributed by atoms with van der Waals surface area (Å²) in [7, 11) is 0. The molecule has 1 saturated heterocycles. The number of nitrogens with zero attached hydrogens (tertiary/aromatic N) is 1. The summed E-state index contributed by atoms with van der Waals surface area (Å²) in [5.41, 5.74) is 6.06. The van der Waals surface area contributed by atoms with E-state index in [4.69, 9.17) is 15.6 Å². The van der Waals surface area contributed by atoms with Crippen LogP contribution in [0.5, 0.6) is 11.5 Å². The van der Waals surface area contributed by atoms with Crippen LogP contribution in [0, 0.1) is 5.92 Å². The highest BCUT2D eigenvalue weighted by Gasteiger charge is 2.31. The highest BCUT2D eigenvalue weighted by Crippen LogP contribution is 2.24. The molecule has 1 fully saturated rings. The van der Waals surface area contributed by atoms with E-state index in [0.29, 0.717) is 35.6 Å². The van der Waals surface area contributed by atoms with Gasteiger partial charge in [0.15, 0.2) is 0 Å². The van der Waals surface area contributed by atoms with Gasteiger partial charge in [-0.15, -0.1) is 0 Å². The Kier molecular flexibility index (Phi) is 4.88. The van der Waals surface area contributed by atoms with Crippen molar-refractivity contribution in [3.8, 4) is 11.5 Å². The SMILES string of the molecule is NC(=O)c1ccc(Oc2ccc(C(=O)N3CC[C@@H](C(=O)O)C3)cc2)cc1. The lowest BCUT2D eigenvalue weighted by Crippen LogP contribution is -2.29. The Bertz CT molecular complexity index is 830. The van der Waals surface area contributed by atoms with Gasteiger partial charge in [-0.25, -0.2) is 0 Å². The normalized spacial score (nSPS) is 16.3. The third-order valence-electron chi connectivity index (χ3n) is 4.30. The smallest absolute Gasteiger partial charge is 0.308 e. The average Bonchev–Trinajstić information content (AvgIpc) is 3.13. The molecule has 2 aromatic rings. The topological polar surface area (TPSA) is 110 Å². The molecule has 2 aromatic carbocycles. The number of aliphatic carboxylic acids is 1. The fourth-order valence-electron chi connectivity index (χ4n) is 2.82. The van der Waals surface area contributed by atoms with Crippen molar-refractivity contribution in [1.82, 2.24) is 4.90 Å². The quantitative estimate of drug-likeness (QED) is 0.855. The summed E-state index contributed by atoms with van der Waals surface area (Å²) in [6, 6.07) is 13.0. The van der Waals surface area contributed by atoms with Gasteiger partial charge in [-0.1, -0.05) is 0 Å². The van der Waals surface area contributed by atoms with Gasteiger partial charge >= 0.3 is 5.97 Å². The number of carboxylic acid groups (broad SMARTS) is 1. The second kappa shape index (κ2) is 7.26. The van der Waals surface area contributed by atoms with Crippen molar-refractivity contribution in [2.45, 2.75) is 6.42 Å². The van der Waals surface area contributed by atoms with Crippen molar-refractivity contribution in [3.63, 3.8) is 0 Å². The Hall–Kier alpha value is -3.35. The summed E-state index contributed by atoms with van der Waals surface area (Å²) in [5.74, 6) is -0.981. The summed E-state index contributed by atoms with van der Waals surface area (Å²) in [6.45, 7) is 0.679. The Balaban J connectivity index is 1.64. The van der Waals surface area contributed by atoms with E-state index in [1.165, 1.54) is 0 Å². The predicted molar refractivity (Wildman–Crippen MR) is 93.1 cm³/mol. The number of carbonyl (C=O) groups is 3. The van der Waals surface area contributed by atoms with E-state index in [1.807, 2.05) is 0 Å². The number of amides is 2. The third kappa shape index (κ3) is 3.83. The number of primary amides is 1. The Morgan fingerprint density at radius 1 is 0.962 bits per heavy atom. The first-order valence-electron chi connectivity index (χ1n) is 8.14. The minimum atomic E-state index is -0.869. The number of nitrogens with two attached hydrogens (primary N) is 1. The van der Waals surface area contributed by atoms with Gasteiger partial charge in [0.1, 0.15) is 11.5 Å². The number of rotatable bonds is 5. The zero-order valence-electron chi connectivity index (χ0n) is 13.9. The van der Waals surface area contributed by atoms with Crippen LogP contribution in [-0.4, -0.2) is 40.9 Å². The molecule has 3 rings (SSSR count). The lowest BCUT2D eigenvalue weighted by molar-refractivity contribution is -0.141. The molecule has 0 aliphatic carbocycles. The molecule has 0 aromatic heterocycles. The molecule has 1 aliphatic rings. The molecule has 1 aliphatic heterocycles. The number of likely N-dealkylation sites (tertiary alicyclic amines) is 1. The lowest BCUT2D eigenvalue weighted by atomic mass is 10.1. The summed E-state index contributed by atoms with van der Waals surface area (Å²) in [4.78, 5) is 36.0. The second-order valence-corrected chi connectivity index (χ2v) is 6.09. The molecule has 0 saturated carbocycles. The average molecular weight is 354 g/mol. The van der Waals surface area contributed by atoms with Gasteiger partial charge < -0.3 is 20.5 Å². The summed E-state index contributed by atoms with van der Waals surface area (Å²) >= 11 is 0. The van der Waals surface area contributed by atoms with Crippen molar-refractivity contribution in [2.75, 3.05) is 13.1 Å². The van der Waals surface area contributed by atoms with Crippen molar-refractivity contribution in [2.24, 2.45) is 11.7 Å². The minimum Gasteiger partial charge on any atom is -0.481 e. The van der Waals surface area contributed by atoms with E-state index in [0.717, 1.165) is 0 Å². The second-order valence-electron chi connectivity index (χ2n) is 6.09. The van der Waals surface area contributed by atoms with Crippen molar-refractivity contribution in [1.29, 1.82) is 0 Å². The number of hydrogen-bond acceptors (Lipinski definition) is 4. The first-order valence-corrected chi connectivity index (χ1v) is 8.14. The predicted octanol–water partition coefficient (Wildman–Crippen LogP) is 2.12. The zero-order chi connectivity index (χ0) is 18.7. The molecule has 7 heteroatoms. The fraction of sp³-hybridized carbons (Fsp3) is 0.211. The van der Waals surface area contributed by atoms with Gasteiger partial charge in [-0.2, -0.15) is 0 Å². The largest absolute Gasteiger partial charge is 0.481 e. The van der Waals surface area contributed by atoms with Gasteiger partial charge in [-0.3, -0.25) is 14.4 Å². The van der Waals surface area contributed by atoms with Crippen LogP contribution in [0.2, 0.25) is 0 Å². The molecular weight excluding hydrogens is 336 g/mol. The monoisotopic (exact) mass is 354 g/mol. The Labute approximate surface area is 150 Å². The molecule has 134 valence electrons. The summed E-state index contributed by atoms with van der Waals surface area (Å²) in [6.07, 6.45) is 0.476. The summed E-state index contributed by atoms with van der Waals surface area (Å²) in [5, 5.41) is 9.03. The highest BCUT2D eigenvalue weighted by molar-refractivity contribution is 5.95. The molecule has 1 atom stereocenters. The van der Waals surface area contributed by atoms with Crippen LogP contribution in [0.3, 0.4) is 0 Å². The molecule has 0 spiro atoms. The maximum Gasteiger partial charge on any atom is 0.308 e. The maximum atomic E-state index is 12.4. The number of hydrogen-bond donors (Lipinski definition) is 2. The Morgan fingerprint density at radius 2 is 1.50 bits per heavy atom. The first kappa shape index (κ1) is 17.5. The van der Waals surface area contributed by atoms with Crippen molar-refractivity contribution < 1.29 is 24.2 Å². The third-order valence-corrected chi connectivity index (χ3v) is 4.30. The summed E-state index contributed by atoms with van der Waals surface area (Å²) < 4.78 is 5.67. The van der Waals surface area contributed by atoms with Crippen LogP contribution in [0.1, 0.15) is 27.1 Å². The van der Waals surface area contributed by atoms with Crippen LogP contribution in [0.4, 0.5) is 0 Å². The number of ether oxygens (including phenoxy) is 1. The van der Waals surface area contributed by atoms with Crippen molar-refractivity contribution >= 4 is 17.8 Å². The van der Waals surface area contributed by atoms with E-state index in [2.05, 4.69) is 0 Å². The van der Waals surface area contributed by atoms with Crippen LogP contribution in [-0.2, 0) is 4.79 Å². The molecule has 0 unspecified atom stereocenters. The van der Waals surface area contributed by atoms with Crippen LogP contribution in [0.15, 0.2) is 48.5 Å². The molecule has 0 bridgehead atoms. The first-order chi connectivity index (χ1) is 12.4. The Morgan fingerprint density at radius 3 is 1.96 bits per heavy atom. The number of benzene rings is 2. The van der Waals surface area contributed by atoms with Gasteiger partial charge in [0.05, 0.1) is 5.92 Å². The van der Waals surface area contributed by atoms with Gasteiger partial charge in [-0.05, 0) is 55.0 Å². The molecule has 3 N–H and O–H groups in total. The lowest BCUT2D eigenvalue weighted by Gasteiger charge is -2.16. The van der Waals surface area contributed by atoms with Crippen LogP contribution >= 0.6 is 0 Å². The van der Waals surface area contributed by atoms with Gasteiger partial charge in [0, 0.05) is 24.2 Å². The molecule has 0 radical (unpaired) electrons.